The second-order valence-corrected chi connectivity index (χ2v) is 9.13. The van der Waals surface area contributed by atoms with Crippen molar-refractivity contribution < 1.29 is 9.59 Å². The quantitative estimate of drug-likeness (QED) is 0.143. The Morgan fingerprint density at radius 3 is 1.25 bits per heavy atom. The molecule has 4 aromatic carbocycles. The standard InChI is InChI=1S/C15H16N2O.C14H14N2O.8C2H6.I2/c1-16-14-9-7-12-11-5-3-2-4-10(11)6-8-13(12)17-15(14)18;15-12-7-6-11-10-4-2-1-3-9(10)5-8-13(11)16-14(12)17;9*1-2/h2-6,8,14,16H,7,9H2,1H3,(H,17,18);1-5,8,12H,6-7,15H2,(H,16,17);8*1-2H3;. The highest BCUT2D eigenvalue weighted by molar-refractivity contribution is 15.0. The molecule has 4 aromatic rings. The van der Waals surface area contributed by atoms with E-state index < -0.39 is 6.04 Å². The maximum atomic E-state index is 12.0. The SMILES string of the molecule is CC.CC.CC.CC.CC.CC.CC.CC.CNC1CCc2c(ccc3ccccc23)NC1=O.II.NC1CCc2c(ccc3ccccc23)NC1=O. The molecular formula is C45H78I2N4O2. The topological polar surface area (TPSA) is 96.2 Å². The number of rotatable bonds is 1. The summed E-state index contributed by atoms with van der Waals surface area (Å²) in [5, 5.41) is 13.9. The summed E-state index contributed by atoms with van der Waals surface area (Å²) in [4.78, 5) is 23.6. The van der Waals surface area contributed by atoms with Crippen molar-refractivity contribution in [1.82, 2.24) is 5.32 Å². The number of halogens is 2. The lowest BCUT2D eigenvalue weighted by Gasteiger charge is -2.11. The number of carbonyl (C=O) groups is 2. The average molecular weight is 961 g/mol. The minimum absolute atomic E-state index is 0.0616. The van der Waals surface area contributed by atoms with E-state index in [0.717, 1.165) is 30.6 Å². The maximum absolute atomic E-state index is 12.0. The normalized spacial score (nSPS) is 13.8. The van der Waals surface area contributed by atoms with Gasteiger partial charge in [-0.05, 0) is 77.5 Å². The van der Waals surface area contributed by atoms with E-state index in [1.54, 1.807) is 0 Å². The molecule has 0 fully saturated rings. The van der Waals surface area contributed by atoms with Gasteiger partial charge in [-0.2, -0.15) is 0 Å². The first kappa shape index (κ1) is 60.0. The van der Waals surface area contributed by atoms with Crippen LogP contribution in [0.5, 0.6) is 0 Å². The third kappa shape index (κ3) is 20.8. The summed E-state index contributed by atoms with van der Waals surface area (Å²) in [6.07, 6.45) is 3.30. The minimum atomic E-state index is -0.402. The van der Waals surface area contributed by atoms with Crippen LogP contribution in [-0.2, 0) is 22.4 Å². The Labute approximate surface area is 350 Å². The molecule has 0 spiro atoms. The fourth-order valence-electron chi connectivity index (χ4n) is 5.02. The van der Waals surface area contributed by atoms with Crippen LogP contribution in [0.2, 0.25) is 0 Å². The zero-order valence-corrected chi connectivity index (χ0v) is 40.9. The summed E-state index contributed by atoms with van der Waals surface area (Å²) in [5.41, 5.74) is 10.1. The van der Waals surface area contributed by atoms with E-state index in [4.69, 9.17) is 5.73 Å². The Hall–Kier alpha value is -2.28. The van der Waals surface area contributed by atoms with E-state index in [0.29, 0.717) is 6.42 Å². The third-order valence-corrected chi connectivity index (χ3v) is 6.99. The molecule has 2 amide bonds. The highest BCUT2D eigenvalue weighted by atomic mass is 128. The van der Waals surface area contributed by atoms with E-state index >= 15 is 0 Å². The van der Waals surface area contributed by atoms with Gasteiger partial charge in [-0.3, -0.25) is 9.59 Å². The molecule has 2 unspecified atom stereocenters. The highest BCUT2D eigenvalue weighted by Crippen LogP contribution is 2.31. The fourth-order valence-corrected chi connectivity index (χ4v) is 5.02. The van der Waals surface area contributed by atoms with Gasteiger partial charge in [-0.25, -0.2) is 0 Å². The van der Waals surface area contributed by atoms with Crippen LogP contribution in [-0.4, -0.2) is 30.9 Å². The Kier molecular flexibility index (Phi) is 48.1. The lowest BCUT2D eigenvalue weighted by Crippen LogP contribution is -2.37. The summed E-state index contributed by atoms with van der Waals surface area (Å²) in [6, 6.07) is 24.1. The first-order valence-electron chi connectivity index (χ1n) is 20.3. The van der Waals surface area contributed by atoms with Crippen LogP contribution in [0.25, 0.3) is 21.5 Å². The van der Waals surface area contributed by atoms with Gasteiger partial charge < -0.3 is 21.7 Å². The predicted octanol–water partition coefficient (Wildman–Crippen LogP) is 14.3. The van der Waals surface area contributed by atoms with E-state index in [2.05, 4.69) is 83.5 Å². The Bertz CT molecular complexity index is 1430. The molecule has 304 valence electrons. The fraction of sp³-hybridized carbons (Fsp3) is 0.511. The van der Waals surface area contributed by atoms with Gasteiger partial charge in [0.2, 0.25) is 11.8 Å². The minimum Gasteiger partial charge on any atom is -0.324 e. The first-order chi connectivity index (χ1) is 26.0. The number of nitrogens with two attached hydrogens (primary N) is 1. The number of aryl methyl sites for hydroxylation is 2. The molecular weight excluding hydrogens is 882 g/mol. The van der Waals surface area contributed by atoms with Crippen LogP contribution in [0.3, 0.4) is 0 Å². The number of benzene rings is 4. The molecule has 2 aliphatic rings. The molecule has 5 N–H and O–H groups in total. The molecule has 2 atom stereocenters. The van der Waals surface area contributed by atoms with Gasteiger partial charge >= 0.3 is 0 Å². The lowest BCUT2D eigenvalue weighted by molar-refractivity contribution is -0.118. The van der Waals surface area contributed by atoms with Gasteiger partial charge in [0.05, 0.1) is 12.1 Å². The molecule has 0 aromatic heterocycles. The van der Waals surface area contributed by atoms with E-state index in [9.17, 15) is 9.59 Å². The number of anilines is 2. The molecule has 0 saturated heterocycles. The molecule has 0 bridgehead atoms. The molecule has 2 aliphatic heterocycles. The predicted molar refractivity (Wildman–Crippen MR) is 261 cm³/mol. The summed E-state index contributed by atoms with van der Waals surface area (Å²) < 4.78 is 0. The third-order valence-electron chi connectivity index (χ3n) is 6.99. The number of hydrogen-bond donors (Lipinski definition) is 4. The summed E-state index contributed by atoms with van der Waals surface area (Å²) in [6.45, 7) is 32.0. The van der Waals surface area contributed by atoms with Gasteiger partial charge in [-0.15, -0.1) is 0 Å². The smallest absolute Gasteiger partial charge is 0.241 e. The van der Waals surface area contributed by atoms with Crippen molar-refractivity contribution in [2.45, 2.75) is 149 Å². The molecule has 6 rings (SSSR count). The maximum Gasteiger partial charge on any atom is 0.241 e. The van der Waals surface area contributed by atoms with Crippen LogP contribution in [0, 0.1) is 0 Å². The molecule has 8 heteroatoms. The van der Waals surface area contributed by atoms with Crippen LogP contribution in [0.15, 0.2) is 72.8 Å². The lowest BCUT2D eigenvalue weighted by atomic mass is 9.98. The number of carbonyl (C=O) groups excluding carboxylic acids is 2. The van der Waals surface area contributed by atoms with Gasteiger partial charge in [0.25, 0.3) is 0 Å². The van der Waals surface area contributed by atoms with E-state index in [1.165, 1.54) is 32.7 Å². The largest absolute Gasteiger partial charge is 0.324 e. The van der Waals surface area contributed by atoms with E-state index in [1.807, 2.05) is 160 Å². The van der Waals surface area contributed by atoms with Crippen LogP contribution in [0.4, 0.5) is 11.4 Å². The average Bonchev–Trinajstić information content (AvgIpc) is 3.54. The first-order valence-corrected chi connectivity index (χ1v) is 26.5. The number of hydrogen-bond acceptors (Lipinski definition) is 4. The van der Waals surface area contributed by atoms with Crippen molar-refractivity contribution in [3.8, 4) is 0 Å². The van der Waals surface area contributed by atoms with Crippen molar-refractivity contribution in [2.75, 3.05) is 17.7 Å². The number of amides is 2. The molecule has 6 nitrogen and oxygen atoms in total. The van der Waals surface area contributed by atoms with Crippen LogP contribution >= 0.6 is 37.2 Å². The second kappa shape index (κ2) is 42.5. The zero-order valence-electron chi connectivity index (χ0n) is 36.6. The summed E-state index contributed by atoms with van der Waals surface area (Å²) in [7, 11) is 1.83. The molecule has 53 heavy (non-hydrogen) atoms. The van der Waals surface area contributed by atoms with Gasteiger partial charge in [0.15, 0.2) is 0 Å². The molecule has 2 heterocycles. The van der Waals surface area contributed by atoms with Gasteiger partial charge in [-0.1, -0.05) is 171 Å². The Morgan fingerprint density at radius 1 is 0.528 bits per heavy atom. The van der Waals surface area contributed by atoms with Crippen molar-refractivity contribution in [3.63, 3.8) is 0 Å². The summed E-state index contributed by atoms with van der Waals surface area (Å²) in [5.74, 6) is -0.0226. The monoisotopic (exact) mass is 960 g/mol. The van der Waals surface area contributed by atoms with Crippen molar-refractivity contribution >= 4 is 82.0 Å². The molecule has 0 radical (unpaired) electrons. The van der Waals surface area contributed by atoms with Crippen molar-refractivity contribution in [3.05, 3.63) is 83.9 Å². The van der Waals surface area contributed by atoms with E-state index in [-0.39, 0.29) is 17.9 Å². The van der Waals surface area contributed by atoms with Crippen molar-refractivity contribution in [1.29, 1.82) is 0 Å². The van der Waals surface area contributed by atoms with Crippen molar-refractivity contribution in [2.24, 2.45) is 5.73 Å². The zero-order chi connectivity index (χ0) is 42.4. The molecule has 0 aliphatic carbocycles. The summed E-state index contributed by atoms with van der Waals surface area (Å²) >= 11 is 4.24. The Morgan fingerprint density at radius 2 is 0.868 bits per heavy atom. The highest BCUT2D eigenvalue weighted by Gasteiger charge is 2.23. The molecule has 0 saturated carbocycles. The second-order valence-electron chi connectivity index (χ2n) is 9.13. The number of likely N-dealkylation sites (N-methyl/N-ethyl adjacent to an activating group) is 1. The van der Waals surface area contributed by atoms with Gasteiger partial charge in [0, 0.05) is 48.6 Å². The Balaban J connectivity index is -0.000000204. The van der Waals surface area contributed by atoms with Crippen LogP contribution < -0.4 is 21.7 Å². The van der Waals surface area contributed by atoms with Crippen LogP contribution in [0.1, 0.15) is 135 Å². The number of fused-ring (bicyclic) bond motifs is 6. The van der Waals surface area contributed by atoms with Gasteiger partial charge in [0.1, 0.15) is 0 Å². The number of nitrogens with one attached hydrogen (secondary N) is 3.